The number of amides is 1. The van der Waals surface area contributed by atoms with Crippen LogP contribution < -0.4 is 5.32 Å². The number of rotatable bonds is 4. The first-order chi connectivity index (χ1) is 6.46. The first-order valence-corrected chi connectivity index (χ1v) is 4.76. The van der Waals surface area contributed by atoms with E-state index in [0.29, 0.717) is 19.4 Å². The molecule has 1 aliphatic rings. The highest BCUT2D eigenvalue weighted by Crippen LogP contribution is 2.45. The molecule has 0 aromatic carbocycles. The summed E-state index contributed by atoms with van der Waals surface area (Å²) in [6.45, 7) is 4.15. The second-order valence-electron chi connectivity index (χ2n) is 4.70. The van der Waals surface area contributed by atoms with Crippen molar-refractivity contribution in [2.45, 2.75) is 26.7 Å². The molecule has 0 aromatic heterocycles. The van der Waals surface area contributed by atoms with Crippen molar-refractivity contribution < 1.29 is 9.90 Å². The molecule has 0 heterocycles. The first kappa shape index (κ1) is 11.0. The Balaban J connectivity index is 2.40. The minimum Gasteiger partial charge on any atom is -0.396 e. The van der Waals surface area contributed by atoms with Gasteiger partial charge in [-0.3, -0.25) is 4.79 Å². The van der Waals surface area contributed by atoms with Crippen LogP contribution in [0.3, 0.4) is 0 Å². The maximum Gasteiger partial charge on any atom is 0.240 e. The van der Waals surface area contributed by atoms with Gasteiger partial charge >= 0.3 is 0 Å². The Morgan fingerprint density at radius 1 is 1.64 bits per heavy atom. The molecule has 0 saturated heterocycles. The van der Waals surface area contributed by atoms with Crippen molar-refractivity contribution >= 4 is 5.91 Å². The predicted molar refractivity (Wildman–Crippen MR) is 51.2 cm³/mol. The zero-order valence-corrected chi connectivity index (χ0v) is 8.63. The van der Waals surface area contributed by atoms with Crippen LogP contribution in [0.5, 0.6) is 0 Å². The van der Waals surface area contributed by atoms with E-state index in [0.717, 1.165) is 0 Å². The summed E-state index contributed by atoms with van der Waals surface area (Å²) >= 11 is 0. The number of nitrogens with zero attached hydrogens (tertiary/aromatic N) is 1. The van der Waals surface area contributed by atoms with Gasteiger partial charge in [0.2, 0.25) is 5.91 Å². The second-order valence-corrected chi connectivity index (χ2v) is 4.70. The number of aliphatic hydroxyl groups excluding tert-OH is 1. The predicted octanol–water partition coefficient (Wildman–Crippen LogP) is 0.425. The number of carbonyl (C=O) groups is 1. The highest BCUT2D eigenvalue weighted by Gasteiger charge is 2.50. The maximum atomic E-state index is 11.5. The lowest BCUT2D eigenvalue weighted by molar-refractivity contribution is -0.125. The van der Waals surface area contributed by atoms with Gasteiger partial charge in [-0.2, -0.15) is 5.26 Å². The van der Waals surface area contributed by atoms with Crippen LogP contribution in [0, 0.1) is 22.2 Å². The molecule has 1 amide bonds. The Kier molecular flexibility index (Phi) is 2.81. The van der Waals surface area contributed by atoms with E-state index >= 15 is 0 Å². The molecule has 0 spiro atoms. The Bertz CT molecular complexity index is 274. The summed E-state index contributed by atoms with van der Waals surface area (Å²) in [5.74, 6) is -0.193. The molecule has 0 aliphatic heterocycles. The van der Waals surface area contributed by atoms with Crippen LogP contribution in [0.4, 0.5) is 0 Å². The van der Waals surface area contributed by atoms with Gasteiger partial charge in [0.25, 0.3) is 0 Å². The monoisotopic (exact) mass is 196 g/mol. The van der Waals surface area contributed by atoms with E-state index in [1.807, 2.05) is 19.9 Å². The molecule has 4 nitrogen and oxygen atoms in total. The largest absolute Gasteiger partial charge is 0.396 e. The molecule has 78 valence electrons. The van der Waals surface area contributed by atoms with E-state index < -0.39 is 5.41 Å². The lowest BCUT2D eigenvalue weighted by atomic mass is 9.94. The quantitative estimate of drug-likeness (QED) is 0.684. The van der Waals surface area contributed by atoms with Crippen LogP contribution in [0.1, 0.15) is 26.7 Å². The minimum atomic E-state index is -0.758. The van der Waals surface area contributed by atoms with Crippen LogP contribution in [-0.4, -0.2) is 24.2 Å². The van der Waals surface area contributed by atoms with Crippen molar-refractivity contribution in [3.63, 3.8) is 0 Å². The van der Waals surface area contributed by atoms with Gasteiger partial charge in [-0.25, -0.2) is 0 Å². The summed E-state index contributed by atoms with van der Waals surface area (Å²) < 4.78 is 0. The molecule has 0 atom stereocenters. The Labute approximate surface area is 83.9 Å². The second kappa shape index (κ2) is 3.58. The zero-order chi connectivity index (χ0) is 10.8. The summed E-state index contributed by atoms with van der Waals surface area (Å²) in [4.78, 5) is 11.5. The van der Waals surface area contributed by atoms with Gasteiger partial charge in [0.15, 0.2) is 0 Å². The van der Waals surface area contributed by atoms with Crippen LogP contribution in [0.15, 0.2) is 0 Å². The molecule has 1 rings (SSSR count). The summed E-state index contributed by atoms with van der Waals surface area (Å²) in [7, 11) is 0. The van der Waals surface area contributed by atoms with Crippen molar-refractivity contribution in [1.82, 2.24) is 5.32 Å². The smallest absolute Gasteiger partial charge is 0.240 e. The Morgan fingerprint density at radius 2 is 2.21 bits per heavy atom. The van der Waals surface area contributed by atoms with Gasteiger partial charge in [0.05, 0.1) is 6.07 Å². The average Bonchev–Trinajstić information content (AvgIpc) is 2.95. The number of hydrogen-bond donors (Lipinski definition) is 2. The van der Waals surface area contributed by atoms with Gasteiger partial charge in [-0.05, 0) is 12.8 Å². The fourth-order valence-electron chi connectivity index (χ4n) is 1.06. The number of carbonyl (C=O) groups excluding carboxylic acids is 1. The molecule has 1 aliphatic carbocycles. The van der Waals surface area contributed by atoms with Crippen LogP contribution in [0.2, 0.25) is 0 Å². The molecule has 1 fully saturated rings. The lowest BCUT2D eigenvalue weighted by Gasteiger charge is -2.22. The number of nitriles is 1. The van der Waals surface area contributed by atoms with E-state index in [4.69, 9.17) is 10.4 Å². The molecule has 0 radical (unpaired) electrons. The maximum absolute atomic E-state index is 11.5. The highest BCUT2D eigenvalue weighted by molar-refractivity contribution is 5.88. The Hall–Kier alpha value is -1.08. The van der Waals surface area contributed by atoms with Crippen molar-refractivity contribution in [2.75, 3.05) is 13.2 Å². The average molecular weight is 196 g/mol. The third-order valence-electron chi connectivity index (χ3n) is 2.55. The van der Waals surface area contributed by atoms with Gasteiger partial charge < -0.3 is 10.4 Å². The van der Waals surface area contributed by atoms with Gasteiger partial charge in [-0.15, -0.1) is 0 Å². The Morgan fingerprint density at radius 3 is 2.57 bits per heavy atom. The molecular weight excluding hydrogens is 180 g/mol. The van der Waals surface area contributed by atoms with E-state index in [1.165, 1.54) is 0 Å². The van der Waals surface area contributed by atoms with Crippen LogP contribution in [-0.2, 0) is 4.79 Å². The normalized spacial score (nSPS) is 18.4. The van der Waals surface area contributed by atoms with Crippen molar-refractivity contribution in [2.24, 2.45) is 10.8 Å². The number of nitrogens with one attached hydrogen (secondary N) is 1. The molecule has 4 heteroatoms. The molecule has 1 saturated carbocycles. The molecule has 0 aromatic rings. The molecule has 0 unspecified atom stereocenters. The summed E-state index contributed by atoms with van der Waals surface area (Å²) in [5.41, 5.74) is -1.08. The van der Waals surface area contributed by atoms with Crippen LogP contribution in [0.25, 0.3) is 0 Å². The summed E-state index contributed by atoms with van der Waals surface area (Å²) in [5, 5.41) is 20.4. The molecule has 14 heavy (non-hydrogen) atoms. The number of hydrogen-bond acceptors (Lipinski definition) is 3. The minimum absolute atomic E-state index is 0.0207. The highest BCUT2D eigenvalue weighted by atomic mass is 16.3. The lowest BCUT2D eigenvalue weighted by Crippen LogP contribution is -2.39. The summed E-state index contributed by atoms with van der Waals surface area (Å²) in [6.07, 6.45) is 1.32. The van der Waals surface area contributed by atoms with Gasteiger partial charge in [0, 0.05) is 18.6 Å². The standard InChI is InChI=1S/C10H16N2O2/c1-9(2,7-13)6-12-8(14)10(5-11)3-4-10/h13H,3-4,6-7H2,1-2H3,(H,12,14). The molecule has 0 bridgehead atoms. The van der Waals surface area contributed by atoms with Crippen molar-refractivity contribution in [3.8, 4) is 6.07 Å². The first-order valence-electron chi connectivity index (χ1n) is 4.76. The topological polar surface area (TPSA) is 73.1 Å². The third-order valence-corrected chi connectivity index (χ3v) is 2.55. The fourth-order valence-corrected chi connectivity index (χ4v) is 1.06. The van der Waals surface area contributed by atoms with Gasteiger partial charge in [0.1, 0.15) is 5.41 Å². The molecule has 2 N–H and O–H groups in total. The van der Waals surface area contributed by atoms with E-state index in [2.05, 4.69) is 5.32 Å². The third kappa shape index (κ3) is 2.24. The van der Waals surface area contributed by atoms with Crippen molar-refractivity contribution in [3.05, 3.63) is 0 Å². The van der Waals surface area contributed by atoms with E-state index in [9.17, 15) is 4.79 Å². The zero-order valence-electron chi connectivity index (χ0n) is 8.63. The van der Waals surface area contributed by atoms with Crippen LogP contribution >= 0.6 is 0 Å². The SMILES string of the molecule is CC(C)(CO)CNC(=O)C1(C#N)CC1. The van der Waals surface area contributed by atoms with Crippen molar-refractivity contribution in [1.29, 1.82) is 5.26 Å². The fraction of sp³-hybridized carbons (Fsp3) is 0.800. The van der Waals surface area contributed by atoms with Gasteiger partial charge in [-0.1, -0.05) is 13.8 Å². The number of aliphatic hydroxyl groups is 1. The summed E-state index contributed by atoms with van der Waals surface area (Å²) in [6, 6.07) is 2.03. The molecular formula is C10H16N2O2. The van der Waals surface area contributed by atoms with E-state index in [-0.39, 0.29) is 17.9 Å². The van der Waals surface area contributed by atoms with E-state index in [1.54, 1.807) is 0 Å².